The molecular weight excluding hydrogens is 190 g/mol. The second kappa shape index (κ2) is 4.52. The molecule has 0 radical (unpaired) electrons. The number of ether oxygens (including phenoxy) is 1. The summed E-state index contributed by atoms with van der Waals surface area (Å²) in [6.45, 7) is 4.47. The van der Waals surface area contributed by atoms with Gasteiger partial charge in [0, 0.05) is 6.92 Å². The minimum absolute atomic E-state index is 0.138. The van der Waals surface area contributed by atoms with Crippen molar-refractivity contribution in [3.63, 3.8) is 0 Å². The molecule has 0 bridgehead atoms. The lowest BCUT2D eigenvalue weighted by Crippen LogP contribution is -2.35. The predicted octanol–water partition coefficient (Wildman–Crippen LogP) is 1.72. The highest BCUT2D eigenvalue weighted by molar-refractivity contribution is 5.65. The van der Waals surface area contributed by atoms with Gasteiger partial charge in [-0.3, -0.25) is 4.79 Å². The Morgan fingerprint density at radius 1 is 1.40 bits per heavy atom. The van der Waals surface area contributed by atoms with E-state index in [9.17, 15) is 4.79 Å². The minimum Gasteiger partial charge on any atom is -0.466 e. The number of carbonyl (C=O) groups excluding carboxylic acids is 1. The van der Waals surface area contributed by atoms with Gasteiger partial charge in [0.25, 0.3) is 0 Å². The Kier molecular flexibility index (Phi) is 3.29. The van der Waals surface area contributed by atoms with Crippen molar-refractivity contribution in [3.05, 3.63) is 0 Å². The highest BCUT2D eigenvalue weighted by Gasteiger charge is 2.39. The van der Waals surface area contributed by atoms with Crippen LogP contribution in [0.25, 0.3) is 0 Å². The van der Waals surface area contributed by atoms with Gasteiger partial charge in [-0.05, 0) is 56.5 Å². The van der Waals surface area contributed by atoms with Crippen LogP contribution < -0.4 is 5.32 Å². The first-order chi connectivity index (χ1) is 7.20. The summed E-state index contributed by atoms with van der Waals surface area (Å²) in [5, 5.41) is 3.42. The summed E-state index contributed by atoms with van der Waals surface area (Å²) in [6.07, 6.45) is 6.46. The predicted molar refractivity (Wildman–Crippen MR) is 58.5 cm³/mol. The topological polar surface area (TPSA) is 38.3 Å². The Morgan fingerprint density at radius 2 is 2.13 bits per heavy atom. The van der Waals surface area contributed by atoms with Gasteiger partial charge >= 0.3 is 5.97 Å². The second-order valence-corrected chi connectivity index (χ2v) is 5.16. The smallest absolute Gasteiger partial charge is 0.302 e. The van der Waals surface area contributed by atoms with Gasteiger partial charge in [-0.1, -0.05) is 0 Å². The van der Waals surface area contributed by atoms with Crippen LogP contribution >= 0.6 is 0 Å². The van der Waals surface area contributed by atoms with Crippen molar-refractivity contribution in [2.24, 2.45) is 11.3 Å². The van der Waals surface area contributed by atoms with Gasteiger partial charge in [0.2, 0.25) is 0 Å². The third-order valence-corrected chi connectivity index (χ3v) is 3.99. The average molecular weight is 211 g/mol. The summed E-state index contributed by atoms with van der Waals surface area (Å²) in [6, 6.07) is 0. The molecule has 1 aliphatic carbocycles. The van der Waals surface area contributed by atoms with Crippen LogP contribution in [0.5, 0.6) is 0 Å². The zero-order valence-electron chi connectivity index (χ0n) is 9.55. The van der Waals surface area contributed by atoms with Crippen LogP contribution in [-0.4, -0.2) is 25.7 Å². The zero-order chi connectivity index (χ0) is 10.7. The lowest BCUT2D eigenvalue weighted by Gasteiger charge is -2.34. The Hall–Kier alpha value is -0.570. The van der Waals surface area contributed by atoms with E-state index >= 15 is 0 Å². The van der Waals surface area contributed by atoms with Crippen LogP contribution in [0.4, 0.5) is 0 Å². The first kappa shape index (κ1) is 10.9. The molecule has 2 fully saturated rings. The van der Waals surface area contributed by atoms with Crippen molar-refractivity contribution in [2.45, 2.75) is 39.0 Å². The van der Waals surface area contributed by atoms with E-state index in [1.807, 2.05) is 0 Å². The zero-order valence-corrected chi connectivity index (χ0v) is 9.55. The Bertz CT molecular complexity index is 234. The molecule has 1 saturated heterocycles. The van der Waals surface area contributed by atoms with Crippen molar-refractivity contribution in [2.75, 3.05) is 19.7 Å². The van der Waals surface area contributed by atoms with Gasteiger partial charge in [-0.2, -0.15) is 0 Å². The third-order valence-electron chi connectivity index (χ3n) is 3.99. The Morgan fingerprint density at radius 3 is 2.80 bits per heavy atom. The van der Waals surface area contributed by atoms with Gasteiger partial charge in [-0.25, -0.2) is 0 Å². The Balaban J connectivity index is 1.80. The molecule has 2 aliphatic rings. The van der Waals surface area contributed by atoms with Crippen LogP contribution in [0.3, 0.4) is 0 Å². The van der Waals surface area contributed by atoms with E-state index in [2.05, 4.69) is 5.32 Å². The van der Waals surface area contributed by atoms with Gasteiger partial charge in [-0.15, -0.1) is 0 Å². The Labute approximate surface area is 91.6 Å². The molecule has 0 aromatic rings. The minimum atomic E-state index is -0.138. The lowest BCUT2D eigenvalue weighted by atomic mass is 9.77. The molecule has 1 unspecified atom stereocenters. The molecule has 0 amide bonds. The molecule has 1 saturated carbocycles. The van der Waals surface area contributed by atoms with Crippen LogP contribution in [0.2, 0.25) is 0 Å². The number of esters is 1. The summed E-state index contributed by atoms with van der Waals surface area (Å²) < 4.78 is 5.11. The third kappa shape index (κ3) is 2.71. The van der Waals surface area contributed by atoms with E-state index < -0.39 is 0 Å². The van der Waals surface area contributed by atoms with Crippen molar-refractivity contribution in [1.29, 1.82) is 0 Å². The molecule has 3 nitrogen and oxygen atoms in total. The summed E-state index contributed by atoms with van der Waals surface area (Å²) in [4.78, 5) is 10.7. The number of carbonyl (C=O) groups is 1. The molecule has 86 valence electrons. The van der Waals surface area contributed by atoms with Gasteiger partial charge in [0.05, 0.1) is 6.61 Å². The second-order valence-electron chi connectivity index (χ2n) is 5.16. The van der Waals surface area contributed by atoms with Gasteiger partial charge < -0.3 is 10.1 Å². The molecule has 1 spiro atoms. The molecule has 1 heterocycles. The fourth-order valence-electron chi connectivity index (χ4n) is 3.12. The van der Waals surface area contributed by atoms with E-state index in [0.29, 0.717) is 17.9 Å². The summed E-state index contributed by atoms with van der Waals surface area (Å²) in [5.74, 6) is 0.480. The SMILES string of the molecule is CC(=O)OCC1CCC2(CCNCC2)C1. The van der Waals surface area contributed by atoms with Crippen LogP contribution in [0.1, 0.15) is 39.0 Å². The number of nitrogens with one attached hydrogen (secondary N) is 1. The molecule has 1 atom stereocenters. The largest absolute Gasteiger partial charge is 0.466 e. The first-order valence-electron chi connectivity index (χ1n) is 6.04. The highest BCUT2D eigenvalue weighted by atomic mass is 16.5. The maximum atomic E-state index is 10.7. The van der Waals surface area contributed by atoms with Gasteiger partial charge in [0.15, 0.2) is 0 Å². The summed E-state index contributed by atoms with van der Waals surface area (Å²) in [7, 11) is 0. The highest BCUT2D eigenvalue weighted by Crippen LogP contribution is 2.47. The van der Waals surface area contributed by atoms with Gasteiger partial charge in [0.1, 0.15) is 0 Å². The molecule has 0 aromatic carbocycles. The molecule has 2 rings (SSSR count). The number of piperidine rings is 1. The monoisotopic (exact) mass is 211 g/mol. The van der Waals surface area contributed by atoms with Crippen LogP contribution in [0, 0.1) is 11.3 Å². The fraction of sp³-hybridized carbons (Fsp3) is 0.917. The average Bonchev–Trinajstić information content (AvgIpc) is 2.60. The number of hydrogen-bond acceptors (Lipinski definition) is 3. The van der Waals surface area contributed by atoms with E-state index in [1.54, 1.807) is 0 Å². The van der Waals surface area contributed by atoms with E-state index in [1.165, 1.54) is 52.1 Å². The molecule has 15 heavy (non-hydrogen) atoms. The van der Waals surface area contributed by atoms with Crippen molar-refractivity contribution >= 4 is 5.97 Å². The summed E-state index contributed by atoms with van der Waals surface area (Å²) >= 11 is 0. The summed E-state index contributed by atoms with van der Waals surface area (Å²) in [5.41, 5.74) is 0.579. The van der Waals surface area contributed by atoms with E-state index in [4.69, 9.17) is 4.74 Å². The van der Waals surface area contributed by atoms with Crippen LogP contribution in [0.15, 0.2) is 0 Å². The van der Waals surface area contributed by atoms with Crippen LogP contribution in [-0.2, 0) is 9.53 Å². The normalized spacial score (nSPS) is 29.3. The maximum absolute atomic E-state index is 10.7. The van der Waals surface area contributed by atoms with Crippen molar-refractivity contribution < 1.29 is 9.53 Å². The molecule has 0 aromatic heterocycles. The van der Waals surface area contributed by atoms with Crippen molar-refractivity contribution in [1.82, 2.24) is 5.32 Å². The molecule has 3 heteroatoms. The molecular formula is C12H21NO2. The van der Waals surface area contributed by atoms with E-state index in [0.717, 1.165) is 0 Å². The standard InChI is InChI=1S/C12H21NO2/c1-10(14)15-9-11-2-3-12(8-11)4-6-13-7-5-12/h11,13H,2-9H2,1H3. The van der Waals surface area contributed by atoms with Crippen molar-refractivity contribution in [3.8, 4) is 0 Å². The van der Waals surface area contributed by atoms with E-state index in [-0.39, 0.29) is 5.97 Å². The maximum Gasteiger partial charge on any atom is 0.302 e. The molecule has 1 aliphatic heterocycles. The quantitative estimate of drug-likeness (QED) is 0.707. The first-order valence-corrected chi connectivity index (χ1v) is 6.04. The fourth-order valence-corrected chi connectivity index (χ4v) is 3.12. The number of hydrogen-bond donors (Lipinski definition) is 1. The lowest BCUT2D eigenvalue weighted by molar-refractivity contribution is -0.142. The molecule has 1 N–H and O–H groups in total. The number of rotatable bonds is 2.